The molecule has 0 fully saturated rings. The highest BCUT2D eigenvalue weighted by molar-refractivity contribution is 8.74. The van der Waals surface area contributed by atoms with Crippen LogP contribution in [-0.4, -0.2) is 10.9 Å². The third kappa shape index (κ3) is 2.20. The molecule has 0 aliphatic carbocycles. The summed E-state index contributed by atoms with van der Waals surface area (Å²) in [5, 5.41) is 1.04. The minimum Gasteiger partial charge on any atom is -0.249 e. The number of aromatic nitrogens is 1. The quantitative estimate of drug-likeness (QED) is 0.400. The first-order valence-electron chi connectivity index (χ1n) is 2.47. The second-order valence-corrected chi connectivity index (χ2v) is 3.57. The largest absolute Gasteiger partial charge is 0.249 e. The summed E-state index contributed by atoms with van der Waals surface area (Å²) in [6, 6.07) is 5.85. The normalized spacial score (nSPS) is 9.33. The lowest BCUT2D eigenvalue weighted by atomic mass is 10.5. The Morgan fingerprint density at radius 2 is 2.44 bits per heavy atom. The molecule has 0 aliphatic heterocycles. The van der Waals surface area contributed by atoms with Gasteiger partial charge in [0.2, 0.25) is 0 Å². The molecule has 1 rings (SSSR count). The standard InChI is InChI=1S/C6H7NS2/c1-8-9-6-4-2-3-5-7-6/h2-5,8H,1H2. The van der Waals surface area contributed by atoms with Crippen LogP contribution in [0, 0.1) is 0 Å². The average Bonchev–Trinajstić information content (AvgIpc) is 1.91. The minimum atomic E-state index is 1.04. The fraction of sp³-hybridized carbons (Fsp3) is 0. The van der Waals surface area contributed by atoms with E-state index in [0.717, 1.165) is 15.4 Å². The number of nitrogens with zero attached hydrogens (tertiary/aromatic N) is 1. The molecule has 0 amide bonds. The van der Waals surface area contributed by atoms with Gasteiger partial charge >= 0.3 is 0 Å². The van der Waals surface area contributed by atoms with Gasteiger partial charge in [-0.1, -0.05) is 11.9 Å². The van der Waals surface area contributed by atoms with Crippen molar-refractivity contribution >= 4 is 27.0 Å². The highest BCUT2D eigenvalue weighted by Gasteiger charge is 1.84. The van der Waals surface area contributed by atoms with E-state index in [-0.39, 0.29) is 0 Å². The van der Waals surface area contributed by atoms with E-state index < -0.39 is 0 Å². The first-order valence-corrected chi connectivity index (χ1v) is 4.97. The van der Waals surface area contributed by atoms with Crippen LogP contribution in [0.1, 0.15) is 0 Å². The predicted molar refractivity (Wildman–Crippen MR) is 46.2 cm³/mol. The molecule has 0 atom stereocenters. The summed E-state index contributed by atoms with van der Waals surface area (Å²) in [5.74, 6) is 3.68. The van der Waals surface area contributed by atoms with Crippen LogP contribution >= 0.6 is 21.2 Å². The van der Waals surface area contributed by atoms with Gasteiger partial charge in [-0.25, -0.2) is 4.98 Å². The lowest BCUT2D eigenvalue weighted by molar-refractivity contribution is 1.14. The molecule has 0 saturated heterocycles. The Morgan fingerprint density at radius 3 is 3.00 bits per heavy atom. The molecule has 3 heteroatoms. The summed E-state index contributed by atoms with van der Waals surface area (Å²) in [4.78, 5) is 4.08. The number of hydrogen-bond donors (Lipinski definition) is 1. The van der Waals surface area contributed by atoms with Gasteiger partial charge in [-0.2, -0.15) is 0 Å². The number of pyridine rings is 1. The van der Waals surface area contributed by atoms with Crippen molar-refractivity contribution < 1.29 is 0 Å². The Balaban J connectivity index is 2.72. The summed E-state index contributed by atoms with van der Waals surface area (Å²) in [6.07, 6.45) is 1.79. The summed E-state index contributed by atoms with van der Waals surface area (Å²) < 4.78 is 0. The van der Waals surface area contributed by atoms with E-state index in [9.17, 15) is 0 Å². The van der Waals surface area contributed by atoms with E-state index in [1.807, 2.05) is 18.2 Å². The van der Waals surface area contributed by atoms with Crippen LogP contribution in [0.5, 0.6) is 0 Å². The fourth-order valence-electron chi connectivity index (χ4n) is 0.467. The second kappa shape index (κ2) is 3.69. The van der Waals surface area contributed by atoms with Gasteiger partial charge in [0.25, 0.3) is 0 Å². The molecule has 0 aliphatic rings. The van der Waals surface area contributed by atoms with Crippen molar-refractivity contribution in [3.05, 3.63) is 24.4 Å². The molecular formula is C6H7NS2. The first kappa shape index (κ1) is 6.83. The zero-order chi connectivity index (χ0) is 6.53. The van der Waals surface area contributed by atoms with Crippen molar-refractivity contribution in [3.63, 3.8) is 0 Å². The Labute approximate surface area is 61.9 Å². The molecule has 1 nitrogen and oxygen atoms in total. The van der Waals surface area contributed by atoms with Gasteiger partial charge in [0.15, 0.2) is 0 Å². The summed E-state index contributed by atoms with van der Waals surface area (Å²) in [5.41, 5.74) is 0. The molecule has 0 unspecified atom stereocenters. The van der Waals surface area contributed by atoms with E-state index in [1.54, 1.807) is 17.0 Å². The van der Waals surface area contributed by atoms with Gasteiger partial charge in [0.05, 0.1) is 0 Å². The molecule has 0 bridgehead atoms. The molecule has 0 spiro atoms. The summed E-state index contributed by atoms with van der Waals surface area (Å²) in [6.45, 7) is 0. The molecule has 1 aromatic rings. The van der Waals surface area contributed by atoms with E-state index in [2.05, 4.69) is 10.9 Å². The molecule has 9 heavy (non-hydrogen) atoms. The number of hydrogen-bond acceptors (Lipinski definition) is 2. The average molecular weight is 157 g/mol. The lowest BCUT2D eigenvalue weighted by Crippen LogP contribution is -1.70. The molecule has 0 N–H and O–H groups in total. The summed E-state index contributed by atoms with van der Waals surface area (Å²) in [7, 11) is 2.67. The molecule has 0 saturated carbocycles. The van der Waals surface area contributed by atoms with Crippen molar-refractivity contribution in [3.8, 4) is 0 Å². The monoisotopic (exact) mass is 157 g/mol. The van der Waals surface area contributed by atoms with Crippen LogP contribution in [-0.2, 0) is 0 Å². The van der Waals surface area contributed by atoms with Crippen molar-refractivity contribution in [1.82, 2.24) is 4.98 Å². The van der Waals surface area contributed by atoms with Crippen molar-refractivity contribution in [2.24, 2.45) is 0 Å². The van der Waals surface area contributed by atoms with Crippen LogP contribution in [0.3, 0.4) is 0 Å². The number of thiol groups is 1. The van der Waals surface area contributed by atoms with E-state index >= 15 is 0 Å². The third-order valence-electron chi connectivity index (χ3n) is 0.796. The molecule has 0 radical (unpaired) electrons. The molecule has 0 aromatic carbocycles. The highest BCUT2D eigenvalue weighted by atomic mass is 33.1. The first-order chi connectivity index (χ1) is 4.43. The van der Waals surface area contributed by atoms with E-state index in [0.29, 0.717) is 0 Å². The minimum absolute atomic E-state index is 1.04. The van der Waals surface area contributed by atoms with Gasteiger partial charge in [-0.05, 0) is 22.9 Å². The Kier molecular flexibility index (Phi) is 2.80. The van der Waals surface area contributed by atoms with Gasteiger partial charge in [0.1, 0.15) is 5.03 Å². The molecule has 1 heterocycles. The molecular weight excluding hydrogens is 150 g/mol. The van der Waals surface area contributed by atoms with Gasteiger partial charge < -0.3 is 0 Å². The van der Waals surface area contributed by atoms with E-state index in [4.69, 9.17) is 0 Å². The van der Waals surface area contributed by atoms with Crippen LogP contribution in [0.25, 0.3) is 0 Å². The highest BCUT2D eigenvalue weighted by Crippen LogP contribution is 2.20. The number of rotatable bonds is 2. The Morgan fingerprint density at radius 1 is 1.56 bits per heavy atom. The van der Waals surface area contributed by atoms with Gasteiger partial charge in [-0.3, -0.25) is 0 Å². The Hall–Kier alpha value is -0.280. The van der Waals surface area contributed by atoms with Crippen molar-refractivity contribution in [2.45, 2.75) is 5.03 Å². The maximum absolute atomic E-state index is 4.08. The van der Waals surface area contributed by atoms with Crippen LogP contribution in [0.15, 0.2) is 29.4 Å². The second-order valence-electron chi connectivity index (χ2n) is 1.39. The SMILES string of the molecule is C=[SH]Sc1ccccn1. The van der Waals surface area contributed by atoms with E-state index in [1.165, 1.54) is 0 Å². The summed E-state index contributed by atoms with van der Waals surface area (Å²) >= 11 is 0. The van der Waals surface area contributed by atoms with Crippen molar-refractivity contribution in [2.75, 3.05) is 0 Å². The smallest absolute Gasteiger partial charge is 0.106 e. The maximum Gasteiger partial charge on any atom is 0.106 e. The predicted octanol–water partition coefficient (Wildman–Crippen LogP) is 1.99. The molecule has 48 valence electrons. The van der Waals surface area contributed by atoms with Gasteiger partial charge in [-0.15, -0.1) is 10.4 Å². The van der Waals surface area contributed by atoms with Gasteiger partial charge in [0, 0.05) is 6.20 Å². The maximum atomic E-state index is 4.08. The molecule has 1 aromatic heterocycles. The van der Waals surface area contributed by atoms with Crippen molar-refractivity contribution in [1.29, 1.82) is 0 Å². The lowest BCUT2D eigenvalue weighted by Gasteiger charge is -1.89. The van der Waals surface area contributed by atoms with Crippen LogP contribution in [0.2, 0.25) is 0 Å². The Bertz CT molecular complexity index is 186. The third-order valence-corrected chi connectivity index (χ3v) is 2.30. The zero-order valence-corrected chi connectivity index (χ0v) is 6.53. The topological polar surface area (TPSA) is 12.9 Å². The zero-order valence-electron chi connectivity index (χ0n) is 4.82. The fourth-order valence-corrected chi connectivity index (χ4v) is 1.57. The van der Waals surface area contributed by atoms with Crippen LogP contribution < -0.4 is 0 Å². The van der Waals surface area contributed by atoms with Crippen LogP contribution in [0.4, 0.5) is 0 Å².